The van der Waals surface area contributed by atoms with E-state index in [1.165, 1.54) is 10.1 Å². The van der Waals surface area contributed by atoms with Gasteiger partial charge in [-0.25, -0.2) is 8.42 Å². The number of rotatable bonds is 6. The van der Waals surface area contributed by atoms with Crippen LogP contribution in [0, 0.1) is 0 Å². The minimum absolute atomic E-state index is 0.172. The molecule has 1 aromatic carbocycles. The molecule has 0 unspecified atom stereocenters. The summed E-state index contributed by atoms with van der Waals surface area (Å²) >= 11 is 0. The molecule has 2 heterocycles. The quantitative estimate of drug-likeness (QED) is 0.650. The predicted octanol–water partition coefficient (Wildman–Crippen LogP) is 2.33. The van der Waals surface area contributed by atoms with Gasteiger partial charge in [0.05, 0.1) is 6.04 Å². The van der Waals surface area contributed by atoms with Crippen LogP contribution in [0.3, 0.4) is 0 Å². The summed E-state index contributed by atoms with van der Waals surface area (Å²) in [4.78, 5) is 16.6. The fourth-order valence-corrected chi connectivity index (χ4v) is 5.17. The zero-order valence-corrected chi connectivity index (χ0v) is 17.5. The summed E-state index contributed by atoms with van der Waals surface area (Å²) in [5, 5.41) is 10.6. The maximum Gasteiger partial charge on any atom is 0.250 e. The van der Waals surface area contributed by atoms with Crippen LogP contribution < -0.4 is 5.32 Å². The summed E-state index contributed by atoms with van der Waals surface area (Å²) in [5.41, 5.74) is 2.97. The number of nitrogens with zero attached hydrogens (tertiary/aromatic N) is 4. The predicted molar refractivity (Wildman–Crippen MR) is 111 cm³/mol. The van der Waals surface area contributed by atoms with E-state index in [1.807, 2.05) is 25.1 Å². The van der Waals surface area contributed by atoms with Crippen molar-refractivity contribution in [2.75, 3.05) is 5.75 Å². The Labute approximate surface area is 175 Å². The van der Waals surface area contributed by atoms with Gasteiger partial charge in [0, 0.05) is 24.5 Å². The molecular weight excluding hydrogens is 402 g/mol. The summed E-state index contributed by atoms with van der Waals surface area (Å²) in [7, 11) is -3.96. The molecule has 0 aliphatic heterocycles. The highest BCUT2D eigenvalue weighted by Gasteiger charge is 2.29. The normalized spacial score (nSPS) is 16.1. The average Bonchev–Trinajstić information content (AvgIpc) is 3.19. The summed E-state index contributed by atoms with van der Waals surface area (Å²) in [6, 6.07) is 11.3. The lowest BCUT2D eigenvalue weighted by molar-refractivity contribution is -0.119. The number of fused-ring (bicyclic) bond motifs is 1. The Hall–Kier alpha value is -3.07. The molecule has 1 aliphatic carbocycles. The Morgan fingerprint density at radius 1 is 1.17 bits per heavy atom. The maximum absolute atomic E-state index is 13.0. The summed E-state index contributed by atoms with van der Waals surface area (Å²) in [6.07, 6.45) is 5.92. The second-order valence-corrected chi connectivity index (χ2v) is 9.14. The Morgan fingerprint density at radius 3 is 2.70 bits per heavy atom. The molecule has 0 saturated carbocycles. The van der Waals surface area contributed by atoms with Crippen LogP contribution in [-0.4, -0.2) is 39.8 Å². The monoisotopic (exact) mass is 425 g/mol. The molecular formula is C21H23N5O3S. The van der Waals surface area contributed by atoms with Crippen molar-refractivity contribution in [2.45, 2.75) is 43.9 Å². The minimum atomic E-state index is -3.96. The zero-order chi connectivity index (χ0) is 21.1. The molecule has 3 aromatic rings. The third kappa shape index (κ3) is 3.97. The highest BCUT2D eigenvalue weighted by Crippen LogP contribution is 2.29. The topological polar surface area (TPSA) is 107 Å². The number of hydrogen-bond donors (Lipinski definition) is 1. The largest absolute Gasteiger partial charge is 0.348 e. The van der Waals surface area contributed by atoms with Crippen molar-refractivity contribution in [1.29, 1.82) is 0 Å². The fraction of sp³-hybridized carbons (Fsp3) is 0.333. The molecule has 2 aromatic heterocycles. The minimum Gasteiger partial charge on any atom is -0.348 e. The van der Waals surface area contributed by atoms with Crippen LogP contribution >= 0.6 is 0 Å². The van der Waals surface area contributed by atoms with Gasteiger partial charge >= 0.3 is 0 Å². The van der Waals surface area contributed by atoms with E-state index in [9.17, 15) is 13.2 Å². The molecule has 1 atom stereocenters. The number of nitrogens with one attached hydrogen (secondary N) is 1. The lowest BCUT2D eigenvalue weighted by Crippen LogP contribution is -2.35. The van der Waals surface area contributed by atoms with E-state index in [0.717, 1.165) is 24.8 Å². The van der Waals surface area contributed by atoms with Crippen LogP contribution in [0.1, 0.15) is 36.9 Å². The van der Waals surface area contributed by atoms with Gasteiger partial charge in [0.2, 0.25) is 15.7 Å². The standard InChI is InChI=1S/C21H23N5O3S/c1-2-26-20(16-10-12-22-13-11-16)24-25-21(26)30(28,29)14-19(27)23-18-9-5-7-15-6-3-4-8-17(15)18/h3-4,6,8,10-13,18H,2,5,7,9,14H2,1H3,(H,23,27)/t18-/m0/s1. The number of aromatic nitrogens is 4. The number of sulfone groups is 1. The third-order valence-electron chi connectivity index (χ3n) is 5.28. The first kappa shape index (κ1) is 20.2. The summed E-state index contributed by atoms with van der Waals surface area (Å²) in [6.45, 7) is 2.17. The van der Waals surface area contributed by atoms with Gasteiger partial charge < -0.3 is 5.32 Å². The summed E-state index contributed by atoms with van der Waals surface area (Å²) in [5.74, 6) is -0.770. The van der Waals surface area contributed by atoms with Crippen LogP contribution in [0.5, 0.6) is 0 Å². The second-order valence-electron chi connectivity index (χ2n) is 7.26. The number of carbonyl (C=O) groups is 1. The first-order chi connectivity index (χ1) is 14.5. The number of amides is 1. The van der Waals surface area contributed by atoms with E-state index in [0.29, 0.717) is 17.9 Å². The molecule has 1 N–H and O–H groups in total. The highest BCUT2D eigenvalue weighted by molar-refractivity contribution is 7.92. The first-order valence-corrected chi connectivity index (χ1v) is 11.6. The smallest absolute Gasteiger partial charge is 0.250 e. The molecule has 30 heavy (non-hydrogen) atoms. The molecule has 0 radical (unpaired) electrons. The first-order valence-electron chi connectivity index (χ1n) is 9.93. The molecule has 0 bridgehead atoms. The summed E-state index contributed by atoms with van der Waals surface area (Å²) < 4.78 is 27.4. The van der Waals surface area contributed by atoms with Crippen molar-refractivity contribution in [3.8, 4) is 11.4 Å². The van der Waals surface area contributed by atoms with Gasteiger partial charge in [0.1, 0.15) is 5.75 Å². The van der Waals surface area contributed by atoms with Crippen molar-refractivity contribution in [3.05, 3.63) is 59.9 Å². The average molecular weight is 426 g/mol. The molecule has 0 fully saturated rings. The van der Waals surface area contributed by atoms with E-state index in [1.54, 1.807) is 24.5 Å². The fourth-order valence-electron chi connectivity index (χ4n) is 3.90. The molecule has 1 aliphatic rings. The Balaban J connectivity index is 1.54. The van der Waals surface area contributed by atoms with Gasteiger partial charge in [0.15, 0.2) is 5.82 Å². The van der Waals surface area contributed by atoms with Crippen molar-refractivity contribution >= 4 is 15.7 Å². The number of aryl methyl sites for hydroxylation is 1. The molecule has 156 valence electrons. The SMILES string of the molecule is CCn1c(-c2ccncc2)nnc1S(=O)(=O)CC(=O)N[C@H]1CCCc2ccccc21. The molecule has 0 spiro atoms. The van der Waals surface area contributed by atoms with Crippen LogP contribution in [-0.2, 0) is 27.6 Å². The zero-order valence-electron chi connectivity index (χ0n) is 16.7. The number of benzene rings is 1. The second kappa shape index (κ2) is 8.35. The Morgan fingerprint density at radius 2 is 1.93 bits per heavy atom. The lowest BCUT2D eigenvalue weighted by Gasteiger charge is -2.26. The van der Waals surface area contributed by atoms with E-state index < -0.39 is 21.5 Å². The van der Waals surface area contributed by atoms with Crippen LogP contribution in [0.25, 0.3) is 11.4 Å². The van der Waals surface area contributed by atoms with Gasteiger partial charge in [-0.3, -0.25) is 14.3 Å². The Kier molecular flexibility index (Phi) is 5.63. The molecule has 9 heteroatoms. The van der Waals surface area contributed by atoms with Crippen molar-refractivity contribution in [1.82, 2.24) is 25.1 Å². The van der Waals surface area contributed by atoms with Gasteiger partial charge in [-0.15, -0.1) is 10.2 Å². The number of pyridine rings is 1. The molecule has 0 saturated heterocycles. The molecule has 4 rings (SSSR count). The van der Waals surface area contributed by atoms with Gasteiger partial charge in [-0.1, -0.05) is 24.3 Å². The van der Waals surface area contributed by atoms with Gasteiger partial charge in [0.25, 0.3) is 5.16 Å². The van der Waals surface area contributed by atoms with Crippen molar-refractivity contribution < 1.29 is 13.2 Å². The van der Waals surface area contributed by atoms with Crippen LogP contribution in [0.2, 0.25) is 0 Å². The maximum atomic E-state index is 13.0. The van der Waals surface area contributed by atoms with Crippen LogP contribution in [0.4, 0.5) is 0 Å². The number of hydrogen-bond acceptors (Lipinski definition) is 6. The van der Waals surface area contributed by atoms with E-state index in [2.05, 4.69) is 26.6 Å². The van der Waals surface area contributed by atoms with Crippen molar-refractivity contribution in [3.63, 3.8) is 0 Å². The van der Waals surface area contributed by atoms with Gasteiger partial charge in [-0.2, -0.15) is 0 Å². The van der Waals surface area contributed by atoms with E-state index in [4.69, 9.17) is 0 Å². The lowest BCUT2D eigenvalue weighted by atomic mass is 9.88. The third-order valence-corrected chi connectivity index (χ3v) is 6.78. The number of carbonyl (C=O) groups excluding carboxylic acids is 1. The van der Waals surface area contributed by atoms with Gasteiger partial charge in [-0.05, 0) is 49.4 Å². The highest BCUT2D eigenvalue weighted by atomic mass is 32.2. The van der Waals surface area contributed by atoms with Crippen LogP contribution in [0.15, 0.2) is 53.9 Å². The molecule has 8 nitrogen and oxygen atoms in total. The van der Waals surface area contributed by atoms with E-state index >= 15 is 0 Å². The Bertz CT molecular complexity index is 1160. The van der Waals surface area contributed by atoms with Crippen molar-refractivity contribution in [2.24, 2.45) is 0 Å². The molecule has 1 amide bonds. The van der Waals surface area contributed by atoms with E-state index in [-0.39, 0.29) is 11.2 Å².